The van der Waals surface area contributed by atoms with Crippen LogP contribution in [0.5, 0.6) is 0 Å². The predicted molar refractivity (Wildman–Crippen MR) is 69.9 cm³/mol. The van der Waals surface area contributed by atoms with Crippen molar-refractivity contribution in [3.05, 3.63) is 0 Å². The van der Waals surface area contributed by atoms with E-state index in [1.54, 1.807) is 0 Å². The molecule has 0 aliphatic carbocycles. The molecule has 2 aliphatic heterocycles. The zero-order valence-corrected chi connectivity index (χ0v) is 11.3. The Labute approximate surface area is 103 Å². The van der Waals surface area contributed by atoms with Gasteiger partial charge in [0.05, 0.1) is 12.2 Å². The summed E-state index contributed by atoms with van der Waals surface area (Å²) in [5.41, 5.74) is 6.30. The predicted octanol–water partition coefficient (Wildman–Crippen LogP) is 1.32. The average Bonchev–Trinajstić information content (AvgIpc) is 2.29. The summed E-state index contributed by atoms with van der Waals surface area (Å²) in [5.74, 6) is 2.51. The van der Waals surface area contributed by atoms with Gasteiger partial charge in [0.1, 0.15) is 0 Å². The minimum atomic E-state index is 0.206. The number of nitrogens with zero attached hydrogens (tertiary/aromatic N) is 1. The Morgan fingerprint density at radius 1 is 1.25 bits per heavy atom. The van der Waals surface area contributed by atoms with E-state index in [1.165, 1.54) is 24.6 Å². The molecule has 4 heteroatoms. The topological polar surface area (TPSA) is 38.5 Å². The van der Waals surface area contributed by atoms with E-state index in [2.05, 4.69) is 30.5 Å². The van der Waals surface area contributed by atoms with Gasteiger partial charge in [-0.05, 0) is 26.7 Å². The highest BCUT2D eigenvalue weighted by Gasteiger charge is 2.42. The summed E-state index contributed by atoms with van der Waals surface area (Å²) in [5, 5.41) is 0. The lowest BCUT2D eigenvalue weighted by atomic mass is 9.82. The van der Waals surface area contributed by atoms with Gasteiger partial charge in [-0.1, -0.05) is 0 Å². The number of rotatable bonds is 2. The Bertz CT molecular complexity index is 221. The molecular formula is C12H24N2OS. The minimum absolute atomic E-state index is 0.206. The van der Waals surface area contributed by atoms with Crippen LogP contribution >= 0.6 is 11.8 Å². The molecule has 0 spiro atoms. The zero-order valence-electron chi connectivity index (χ0n) is 10.4. The maximum absolute atomic E-state index is 6.09. The first-order valence-electron chi connectivity index (χ1n) is 6.34. The van der Waals surface area contributed by atoms with Gasteiger partial charge >= 0.3 is 0 Å². The molecule has 3 nitrogen and oxygen atoms in total. The molecule has 2 atom stereocenters. The van der Waals surface area contributed by atoms with Crippen LogP contribution in [0.1, 0.15) is 26.7 Å². The molecule has 2 aliphatic rings. The molecule has 2 heterocycles. The molecule has 0 amide bonds. The number of ether oxygens (including phenoxy) is 1. The molecule has 0 aromatic carbocycles. The van der Waals surface area contributed by atoms with Gasteiger partial charge in [-0.2, -0.15) is 11.8 Å². The van der Waals surface area contributed by atoms with Crippen LogP contribution in [0.4, 0.5) is 0 Å². The molecular weight excluding hydrogens is 220 g/mol. The Morgan fingerprint density at radius 2 is 1.81 bits per heavy atom. The van der Waals surface area contributed by atoms with E-state index in [4.69, 9.17) is 10.5 Å². The molecule has 0 saturated carbocycles. The second-order valence-electron chi connectivity index (χ2n) is 5.19. The molecule has 2 fully saturated rings. The maximum atomic E-state index is 6.09. The molecule has 2 unspecified atom stereocenters. The van der Waals surface area contributed by atoms with Gasteiger partial charge in [-0.15, -0.1) is 0 Å². The lowest BCUT2D eigenvalue weighted by Crippen LogP contribution is -2.61. The molecule has 94 valence electrons. The molecule has 2 rings (SSSR count). The Kier molecular flexibility index (Phi) is 4.16. The maximum Gasteiger partial charge on any atom is 0.0568 e. The Morgan fingerprint density at radius 3 is 2.31 bits per heavy atom. The third-order valence-corrected chi connectivity index (χ3v) is 4.80. The molecule has 16 heavy (non-hydrogen) atoms. The second-order valence-corrected chi connectivity index (χ2v) is 6.42. The smallest absolute Gasteiger partial charge is 0.0568 e. The van der Waals surface area contributed by atoms with Gasteiger partial charge < -0.3 is 10.5 Å². The van der Waals surface area contributed by atoms with E-state index in [1.807, 2.05) is 0 Å². The van der Waals surface area contributed by atoms with E-state index in [0.717, 1.165) is 19.4 Å². The molecule has 2 saturated heterocycles. The van der Waals surface area contributed by atoms with Gasteiger partial charge in [0.15, 0.2) is 0 Å². The van der Waals surface area contributed by atoms with Crippen LogP contribution in [0.25, 0.3) is 0 Å². The van der Waals surface area contributed by atoms with Gasteiger partial charge in [-0.3, -0.25) is 4.90 Å². The van der Waals surface area contributed by atoms with Gasteiger partial charge in [0.2, 0.25) is 0 Å². The monoisotopic (exact) mass is 244 g/mol. The number of nitrogens with two attached hydrogens (primary N) is 1. The van der Waals surface area contributed by atoms with E-state index >= 15 is 0 Å². The number of hydrogen-bond donors (Lipinski definition) is 1. The second kappa shape index (κ2) is 5.25. The fraction of sp³-hybridized carbons (Fsp3) is 1.00. The van der Waals surface area contributed by atoms with Crippen molar-refractivity contribution in [1.29, 1.82) is 0 Å². The summed E-state index contributed by atoms with van der Waals surface area (Å²) < 4.78 is 5.85. The molecule has 0 aromatic rings. The highest BCUT2D eigenvalue weighted by Crippen LogP contribution is 2.34. The van der Waals surface area contributed by atoms with Crippen LogP contribution in [0.2, 0.25) is 0 Å². The van der Waals surface area contributed by atoms with Gasteiger partial charge in [0, 0.05) is 36.7 Å². The lowest BCUT2D eigenvalue weighted by Gasteiger charge is -2.50. The van der Waals surface area contributed by atoms with E-state index in [-0.39, 0.29) is 5.54 Å². The van der Waals surface area contributed by atoms with Crippen molar-refractivity contribution in [2.45, 2.75) is 44.4 Å². The van der Waals surface area contributed by atoms with Crippen LogP contribution in [-0.4, -0.2) is 53.8 Å². The largest absolute Gasteiger partial charge is 0.375 e. The Hall–Kier alpha value is 0.230. The van der Waals surface area contributed by atoms with E-state index in [9.17, 15) is 0 Å². The van der Waals surface area contributed by atoms with Crippen molar-refractivity contribution in [3.63, 3.8) is 0 Å². The zero-order chi connectivity index (χ0) is 11.6. The van der Waals surface area contributed by atoms with Crippen molar-refractivity contribution in [3.8, 4) is 0 Å². The standard InChI is InChI=1S/C12H24N2OS/c1-10-7-12(9-13,8-11(2)15-10)14-3-5-16-6-4-14/h10-11H,3-9,13H2,1-2H3. The third-order valence-electron chi connectivity index (χ3n) is 3.86. The SMILES string of the molecule is CC1CC(CN)(N2CCSCC2)CC(C)O1. The summed E-state index contributed by atoms with van der Waals surface area (Å²) in [6, 6.07) is 0. The van der Waals surface area contributed by atoms with E-state index in [0.29, 0.717) is 12.2 Å². The summed E-state index contributed by atoms with van der Waals surface area (Å²) in [7, 11) is 0. The fourth-order valence-electron chi connectivity index (χ4n) is 3.24. The molecule has 0 bridgehead atoms. The summed E-state index contributed by atoms with van der Waals surface area (Å²) in [6.07, 6.45) is 2.89. The first-order valence-corrected chi connectivity index (χ1v) is 7.50. The van der Waals surface area contributed by atoms with Crippen molar-refractivity contribution in [1.82, 2.24) is 4.90 Å². The van der Waals surface area contributed by atoms with Crippen molar-refractivity contribution in [2.24, 2.45) is 5.73 Å². The van der Waals surface area contributed by atoms with Crippen LogP contribution in [-0.2, 0) is 4.74 Å². The summed E-state index contributed by atoms with van der Waals surface area (Å²) in [4.78, 5) is 2.62. The van der Waals surface area contributed by atoms with E-state index < -0.39 is 0 Å². The van der Waals surface area contributed by atoms with Crippen LogP contribution in [0, 0.1) is 0 Å². The van der Waals surface area contributed by atoms with Crippen LogP contribution < -0.4 is 5.73 Å². The highest BCUT2D eigenvalue weighted by molar-refractivity contribution is 7.99. The first kappa shape index (κ1) is 12.7. The van der Waals surface area contributed by atoms with Crippen LogP contribution in [0.3, 0.4) is 0 Å². The highest BCUT2D eigenvalue weighted by atomic mass is 32.2. The third kappa shape index (κ3) is 2.55. The normalized spacial score (nSPS) is 42.2. The number of hydrogen-bond acceptors (Lipinski definition) is 4. The summed E-state index contributed by atoms with van der Waals surface area (Å²) in [6.45, 7) is 7.52. The number of thioether (sulfide) groups is 1. The Balaban J connectivity index is 2.09. The minimum Gasteiger partial charge on any atom is -0.375 e. The average molecular weight is 244 g/mol. The van der Waals surface area contributed by atoms with Crippen molar-refractivity contribution >= 4 is 11.8 Å². The van der Waals surface area contributed by atoms with Crippen LogP contribution in [0.15, 0.2) is 0 Å². The van der Waals surface area contributed by atoms with Gasteiger partial charge in [-0.25, -0.2) is 0 Å². The lowest BCUT2D eigenvalue weighted by molar-refractivity contribution is -0.101. The van der Waals surface area contributed by atoms with Crippen molar-refractivity contribution < 1.29 is 4.74 Å². The first-order chi connectivity index (χ1) is 7.66. The van der Waals surface area contributed by atoms with Gasteiger partial charge in [0.25, 0.3) is 0 Å². The molecule has 2 N–H and O–H groups in total. The van der Waals surface area contributed by atoms with Crippen molar-refractivity contribution in [2.75, 3.05) is 31.1 Å². The summed E-state index contributed by atoms with van der Waals surface area (Å²) >= 11 is 2.06. The molecule has 0 radical (unpaired) electrons. The quantitative estimate of drug-likeness (QED) is 0.795. The fourth-order valence-corrected chi connectivity index (χ4v) is 4.14. The molecule has 0 aromatic heterocycles.